The zero-order valence-electron chi connectivity index (χ0n) is 16.1. The first-order valence-electron chi connectivity index (χ1n) is 9.56. The van der Waals surface area contributed by atoms with E-state index in [2.05, 4.69) is 4.98 Å². The molecule has 0 saturated carbocycles. The Kier molecular flexibility index (Phi) is 6.94. The molecule has 9 heteroatoms. The van der Waals surface area contributed by atoms with Crippen LogP contribution in [-0.4, -0.2) is 50.7 Å². The molecule has 0 spiro atoms. The number of thiazole rings is 1. The highest BCUT2D eigenvalue weighted by molar-refractivity contribution is 7.09. The molecule has 0 bridgehead atoms. The van der Waals surface area contributed by atoms with Crippen molar-refractivity contribution in [3.63, 3.8) is 0 Å². The fourth-order valence-electron chi connectivity index (χ4n) is 3.36. The Bertz CT molecular complexity index is 917. The molecule has 3 rings (SSSR count). The van der Waals surface area contributed by atoms with Gasteiger partial charge in [0.2, 0.25) is 5.91 Å². The molecular formula is C21H22F2N2O4S. The molecule has 1 amide bonds. The Hall–Kier alpha value is -2.65. The van der Waals surface area contributed by atoms with Gasteiger partial charge in [0, 0.05) is 30.3 Å². The Morgan fingerprint density at radius 3 is 2.77 bits per heavy atom. The average Bonchev–Trinajstić information content (AvgIpc) is 3.34. The highest BCUT2D eigenvalue weighted by Crippen LogP contribution is 2.32. The summed E-state index contributed by atoms with van der Waals surface area (Å²) in [5.74, 6) is -4.58. The molecule has 1 aromatic heterocycles. The molecule has 1 saturated heterocycles. The lowest BCUT2D eigenvalue weighted by Crippen LogP contribution is -2.34. The van der Waals surface area contributed by atoms with Crippen molar-refractivity contribution in [2.75, 3.05) is 6.54 Å². The van der Waals surface area contributed by atoms with Gasteiger partial charge in [-0.05, 0) is 12.8 Å². The van der Waals surface area contributed by atoms with E-state index in [0.717, 1.165) is 6.08 Å². The highest BCUT2D eigenvalue weighted by atomic mass is 32.1. The van der Waals surface area contributed by atoms with Gasteiger partial charge >= 0.3 is 11.9 Å². The number of rotatable bonds is 9. The zero-order valence-corrected chi connectivity index (χ0v) is 16.9. The summed E-state index contributed by atoms with van der Waals surface area (Å²) in [6.07, 6.45) is 2.45. The lowest BCUT2D eigenvalue weighted by atomic mass is 10.0. The van der Waals surface area contributed by atoms with Gasteiger partial charge in [0.25, 0.3) is 0 Å². The fraction of sp³-hybridized carbons (Fsp3) is 0.381. The molecule has 2 atom stereocenters. The van der Waals surface area contributed by atoms with Crippen molar-refractivity contribution in [3.8, 4) is 0 Å². The number of alkyl halides is 2. The van der Waals surface area contributed by atoms with Gasteiger partial charge in [-0.25, -0.2) is 9.78 Å². The van der Waals surface area contributed by atoms with Crippen LogP contribution in [-0.2, 0) is 17.1 Å². The van der Waals surface area contributed by atoms with Crippen molar-refractivity contribution in [1.29, 1.82) is 0 Å². The lowest BCUT2D eigenvalue weighted by Gasteiger charge is -2.24. The van der Waals surface area contributed by atoms with Crippen LogP contribution in [0.2, 0.25) is 0 Å². The summed E-state index contributed by atoms with van der Waals surface area (Å²) in [4.78, 5) is 28.7. The van der Waals surface area contributed by atoms with Crippen LogP contribution in [0.4, 0.5) is 8.78 Å². The number of likely N-dealkylation sites (tertiary alicyclic amines) is 1. The normalized spacial score (nSPS) is 18.3. The number of carbonyl (C=O) groups excluding carboxylic acids is 1. The van der Waals surface area contributed by atoms with Crippen molar-refractivity contribution >= 4 is 23.2 Å². The summed E-state index contributed by atoms with van der Waals surface area (Å²) in [7, 11) is 0. The van der Waals surface area contributed by atoms with Gasteiger partial charge in [0.15, 0.2) is 5.69 Å². The zero-order chi connectivity index (χ0) is 21.7. The number of amides is 1. The highest BCUT2D eigenvalue weighted by Gasteiger charge is 2.39. The Labute approximate surface area is 176 Å². The van der Waals surface area contributed by atoms with Gasteiger partial charge in [-0.15, -0.1) is 11.3 Å². The third-order valence-corrected chi connectivity index (χ3v) is 5.89. The molecule has 2 unspecified atom stereocenters. The van der Waals surface area contributed by atoms with Crippen LogP contribution in [0, 0.1) is 0 Å². The van der Waals surface area contributed by atoms with E-state index < -0.39 is 18.0 Å². The SMILES string of the molecule is O=C(O)c1csc(CCCN2C(=O)CCC2C=CC(O)C(F)(F)c2ccccc2)n1. The van der Waals surface area contributed by atoms with Crippen LogP contribution in [0.5, 0.6) is 0 Å². The van der Waals surface area contributed by atoms with Crippen molar-refractivity contribution in [3.05, 3.63) is 64.1 Å². The number of nitrogens with zero attached hydrogens (tertiary/aromatic N) is 2. The van der Waals surface area contributed by atoms with E-state index in [-0.39, 0.29) is 23.2 Å². The number of hydrogen-bond donors (Lipinski definition) is 2. The van der Waals surface area contributed by atoms with Crippen molar-refractivity contribution < 1.29 is 28.6 Å². The van der Waals surface area contributed by atoms with E-state index in [0.29, 0.717) is 37.2 Å². The number of benzene rings is 1. The van der Waals surface area contributed by atoms with E-state index >= 15 is 0 Å². The topological polar surface area (TPSA) is 90.7 Å². The number of hydrogen-bond acceptors (Lipinski definition) is 5. The summed E-state index contributed by atoms with van der Waals surface area (Å²) >= 11 is 1.25. The number of carboxylic acids is 1. The molecule has 2 aromatic rings. The van der Waals surface area contributed by atoms with Gasteiger partial charge in [0.05, 0.1) is 11.0 Å². The maximum atomic E-state index is 14.4. The van der Waals surface area contributed by atoms with Gasteiger partial charge in [0.1, 0.15) is 6.10 Å². The molecule has 0 radical (unpaired) electrons. The van der Waals surface area contributed by atoms with E-state index in [9.17, 15) is 23.5 Å². The van der Waals surface area contributed by atoms with E-state index in [4.69, 9.17) is 5.11 Å². The number of carboxylic acid groups (broad SMARTS) is 1. The molecule has 1 aliphatic heterocycles. The molecular weight excluding hydrogens is 414 g/mol. The van der Waals surface area contributed by atoms with Crippen LogP contribution in [0.25, 0.3) is 0 Å². The van der Waals surface area contributed by atoms with E-state index in [1.54, 1.807) is 11.0 Å². The monoisotopic (exact) mass is 436 g/mol. The number of halogens is 2. The molecule has 1 aliphatic rings. The number of aryl methyl sites for hydroxylation is 1. The maximum absolute atomic E-state index is 14.4. The van der Waals surface area contributed by atoms with Crippen LogP contribution in [0.1, 0.15) is 40.3 Å². The Balaban J connectivity index is 1.58. The number of aliphatic hydroxyl groups excluding tert-OH is 1. The minimum Gasteiger partial charge on any atom is -0.476 e. The van der Waals surface area contributed by atoms with Crippen LogP contribution >= 0.6 is 11.3 Å². The number of aromatic nitrogens is 1. The number of aromatic carboxylic acids is 1. The summed E-state index contributed by atoms with van der Waals surface area (Å²) < 4.78 is 28.8. The Morgan fingerprint density at radius 1 is 1.37 bits per heavy atom. The van der Waals surface area contributed by atoms with Gasteiger partial charge < -0.3 is 15.1 Å². The third kappa shape index (κ3) is 5.09. The first kappa shape index (κ1) is 22.0. The van der Waals surface area contributed by atoms with Gasteiger partial charge in [-0.3, -0.25) is 4.79 Å². The van der Waals surface area contributed by atoms with E-state index in [1.807, 2.05) is 0 Å². The molecule has 0 aliphatic carbocycles. The van der Waals surface area contributed by atoms with Crippen molar-refractivity contribution in [2.24, 2.45) is 0 Å². The van der Waals surface area contributed by atoms with Crippen LogP contribution in [0.15, 0.2) is 47.9 Å². The standard InChI is InChI=1S/C21H22F2N2O4S/c22-21(23,14-5-2-1-3-6-14)17(26)10-8-15-9-11-19(27)25(15)12-4-7-18-24-16(13-30-18)20(28)29/h1-3,5-6,8,10,13,15,17,26H,4,7,9,11-12H2,(H,28,29). The molecule has 30 heavy (non-hydrogen) atoms. The summed E-state index contributed by atoms with van der Waals surface area (Å²) in [6.45, 7) is 0.404. The first-order chi connectivity index (χ1) is 14.3. The molecule has 2 N–H and O–H groups in total. The fourth-order valence-corrected chi connectivity index (χ4v) is 4.17. The quantitative estimate of drug-likeness (QED) is 0.588. The second-order valence-corrected chi connectivity index (χ2v) is 7.99. The molecule has 6 nitrogen and oxygen atoms in total. The van der Waals surface area contributed by atoms with Crippen molar-refractivity contribution in [2.45, 2.75) is 43.8 Å². The minimum absolute atomic E-state index is 0.00129. The summed E-state index contributed by atoms with van der Waals surface area (Å²) in [5.41, 5.74) is -0.271. The van der Waals surface area contributed by atoms with Gasteiger partial charge in [-0.2, -0.15) is 8.78 Å². The minimum atomic E-state index is -3.43. The predicted molar refractivity (Wildman–Crippen MR) is 108 cm³/mol. The second kappa shape index (κ2) is 9.44. The smallest absolute Gasteiger partial charge is 0.355 e. The predicted octanol–water partition coefficient (Wildman–Crippen LogP) is 3.47. The van der Waals surface area contributed by atoms with Gasteiger partial charge in [-0.1, -0.05) is 42.5 Å². The largest absolute Gasteiger partial charge is 0.476 e. The second-order valence-electron chi connectivity index (χ2n) is 7.05. The maximum Gasteiger partial charge on any atom is 0.355 e. The average molecular weight is 436 g/mol. The summed E-state index contributed by atoms with van der Waals surface area (Å²) in [6, 6.07) is 6.76. The molecule has 160 valence electrons. The Morgan fingerprint density at radius 2 is 2.10 bits per heavy atom. The van der Waals surface area contributed by atoms with Crippen LogP contribution < -0.4 is 0 Å². The molecule has 1 aromatic carbocycles. The molecule has 2 heterocycles. The number of aliphatic hydroxyl groups is 1. The number of carbonyl (C=O) groups is 2. The first-order valence-corrected chi connectivity index (χ1v) is 10.4. The van der Waals surface area contributed by atoms with Crippen molar-refractivity contribution in [1.82, 2.24) is 9.88 Å². The third-order valence-electron chi connectivity index (χ3n) is 4.98. The van der Waals surface area contributed by atoms with Crippen LogP contribution in [0.3, 0.4) is 0 Å². The molecule has 1 fully saturated rings. The van der Waals surface area contributed by atoms with E-state index in [1.165, 1.54) is 47.1 Å². The summed E-state index contributed by atoms with van der Waals surface area (Å²) in [5, 5.41) is 21.1. The lowest BCUT2D eigenvalue weighted by molar-refractivity contribution is -0.128.